The zero-order chi connectivity index (χ0) is 77.0. The normalized spacial score (nSPS) is 18.8. The van der Waals surface area contributed by atoms with E-state index >= 15 is 0 Å². The third kappa shape index (κ3) is 33.8. The van der Waals surface area contributed by atoms with Crippen LogP contribution in [0, 0.1) is 5.41 Å². The summed E-state index contributed by atoms with van der Waals surface area (Å²) in [5.41, 5.74) is 7.62. The van der Waals surface area contributed by atoms with E-state index in [-0.39, 0.29) is 5.41 Å². The number of hydrazine groups is 2. The van der Waals surface area contributed by atoms with Gasteiger partial charge in [0.05, 0.1) is 22.1 Å². The number of benzene rings is 4. The average molecular weight is 1440 g/mol. The van der Waals surface area contributed by atoms with Crippen LogP contribution in [0.1, 0.15) is 217 Å². The molecule has 0 radical (unpaired) electrons. The smallest absolute Gasteiger partial charge is 0.429 e. The Balaban J connectivity index is 0.000000234. The molecule has 21 nitrogen and oxygen atoms in total. The van der Waals surface area contributed by atoms with Crippen molar-refractivity contribution >= 4 is 36.1 Å². The standard InChI is InChI=1S/C23H37N3O4.C16H31N3O4.C13H19NO.C13H17N.C12H15NO.C6H10O2/c1-21(2,3)29-19(27)24-26(20(28)30-22(4,5)6)23(7)13-15-25(16-14-23)17-18-11-9-8-10-12-18;1-14(2,3)22-12(20)18-19(13(21)23-15(4,5)6)16(7)8-10-17-11-9-16;1-13(15)7-9-14(10-8-13)11-12-5-3-2-4-6-12;1-12-7-9-14(10-8-12)11-13-5-3-2-4-6-13;14-12-6-8-13(9-7-12)10-11-4-2-1-3-5-11;1-6(5(7)8)3-2-4-6/h8-12H,13-17H2,1-7H3,(H,24,27);17H,8-11H2,1-7H3,(H,18,20);2-6,15H,7-11H2,1H3;2-7H,8-11H2,1H3;1-5H,6-10H2;2-4H2,1H3,(H,7,8). The van der Waals surface area contributed by atoms with E-state index in [1.807, 2.05) is 51.1 Å². The number of ketones is 1. The summed E-state index contributed by atoms with van der Waals surface area (Å²) >= 11 is 0. The molecule has 5 fully saturated rings. The molecule has 5 aliphatic heterocycles. The fraction of sp³-hybridized carbons (Fsp3) is 0.614. The highest BCUT2D eigenvalue weighted by molar-refractivity contribution is 5.79. The fourth-order valence-electron chi connectivity index (χ4n) is 12.2. The van der Waals surface area contributed by atoms with Gasteiger partial charge in [0, 0.05) is 91.4 Å². The molecule has 0 aromatic heterocycles. The second-order valence-electron chi connectivity index (χ2n) is 33.7. The first-order valence-corrected chi connectivity index (χ1v) is 37.5. The number of aliphatic carboxylic acids is 1. The van der Waals surface area contributed by atoms with Crippen molar-refractivity contribution in [2.75, 3.05) is 65.4 Å². The van der Waals surface area contributed by atoms with Crippen LogP contribution in [0.5, 0.6) is 0 Å². The van der Waals surface area contributed by atoms with Crippen LogP contribution in [0.15, 0.2) is 133 Å². The van der Waals surface area contributed by atoms with E-state index < -0.39 is 69.4 Å². The number of piperidine rings is 4. The number of likely N-dealkylation sites (tertiary alicyclic amines) is 3. The molecule has 0 bridgehead atoms. The minimum Gasteiger partial charge on any atom is -0.481 e. The summed E-state index contributed by atoms with van der Waals surface area (Å²) in [6, 6.07) is 42.0. The molecule has 5 N–H and O–H groups in total. The first kappa shape index (κ1) is 87.2. The lowest BCUT2D eigenvalue weighted by molar-refractivity contribution is -0.152. The molecule has 5 heterocycles. The van der Waals surface area contributed by atoms with Crippen molar-refractivity contribution in [3.8, 4) is 0 Å². The largest absolute Gasteiger partial charge is 0.481 e. The molecule has 4 aromatic rings. The Kier molecular flexibility index (Phi) is 33.9. The third-order valence-electron chi connectivity index (χ3n) is 18.9. The van der Waals surface area contributed by atoms with Crippen LogP contribution >= 0.6 is 0 Å². The lowest BCUT2D eigenvalue weighted by atomic mass is 9.71. The van der Waals surface area contributed by atoms with Crippen LogP contribution < -0.4 is 16.2 Å². The molecule has 21 heteroatoms. The third-order valence-corrected chi connectivity index (χ3v) is 18.9. The van der Waals surface area contributed by atoms with Crippen molar-refractivity contribution in [1.29, 1.82) is 0 Å². The number of carboxylic acids is 1. The van der Waals surface area contributed by atoms with Gasteiger partial charge >= 0.3 is 30.3 Å². The zero-order valence-electron chi connectivity index (χ0n) is 66.2. The van der Waals surface area contributed by atoms with Gasteiger partial charge in [-0.3, -0.25) is 29.2 Å². The van der Waals surface area contributed by atoms with E-state index in [9.17, 15) is 33.9 Å². The lowest BCUT2D eigenvalue weighted by Gasteiger charge is -2.46. The predicted molar refractivity (Wildman–Crippen MR) is 412 cm³/mol. The van der Waals surface area contributed by atoms with Gasteiger partial charge in [0.15, 0.2) is 0 Å². The molecule has 6 aliphatic rings. The highest BCUT2D eigenvalue weighted by Crippen LogP contribution is 2.40. The number of aliphatic hydroxyl groups is 1. The molecule has 0 atom stereocenters. The summed E-state index contributed by atoms with van der Waals surface area (Å²) < 4.78 is 21.7. The average Bonchev–Trinajstić information content (AvgIpc) is 0.814. The number of nitrogens with zero attached hydrogens (tertiary/aromatic N) is 6. The summed E-state index contributed by atoms with van der Waals surface area (Å²) in [6.45, 7) is 44.6. The van der Waals surface area contributed by atoms with Crippen LogP contribution in [0.4, 0.5) is 19.2 Å². The van der Waals surface area contributed by atoms with Gasteiger partial charge in [0.1, 0.15) is 28.2 Å². The summed E-state index contributed by atoms with van der Waals surface area (Å²) in [6.07, 6.45) is 9.96. The number of hydrogen-bond acceptors (Lipinski definition) is 16. The molecule has 10 rings (SSSR count). The summed E-state index contributed by atoms with van der Waals surface area (Å²) in [4.78, 5) is 81.0. The fourth-order valence-corrected chi connectivity index (χ4v) is 12.2. The quantitative estimate of drug-likeness (QED) is 0.0533. The van der Waals surface area contributed by atoms with Crippen molar-refractivity contribution in [3.63, 3.8) is 0 Å². The number of carbonyl (C=O) groups excluding carboxylic acids is 5. The highest BCUT2D eigenvalue weighted by atomic mass is 16.6. The minimum absolute atomic E-state index is 0.361. The minimum atomic E-state index is -0.671. The van der Waals surface area contributed by atoms with Crippen molar-refractivity contribution in [1.82, 2.24) is 45.8 Å². The monoisotopic (exact) mass is 1440 g/mol. The van der Waals surface area contributed by atoms with Gasteiger partial charge in [-0.05, 0) is 211 Å². The lowest BCUT2D eigenvalue weighted by Crippen LogP contribution is -2.63. The number of amides is 4. The number of carbonyl (C=O) groups is 6. The van der Waals surface area contributed by atoms with E-state index in [2.05, 4.69) is 140 Å². The second-order valence-corrected chi connectivity index (χ2v) is 33.7. The maximum absolute atomic E-state index is 13.0. The van der Waals surface area contributed by atoms with Gasteiger partial charge < -0.3 is 34.5 Å². The van der Waals surface area contributed by atoms with Crippen LogP contribution in [0.3, 0.4) is 0 Å². The van der Waals surface area contributed by atoms with Crippen molar-refractivity contribution in [3.05, 3.63) is 155 Å². The van der Waals surface area contributed by atoms with Crippen LogP contribution in [-0.2, 0) is 54.7 Å². The van der Waals surface area contributed by atoms with Gasteiger partial charge in [0.25, 0.3) is 0 Å². The molecule has 0 unspecified atom stereocenters. The molecular formula is C83H129N9O12. The molecule has 1 saturated carbocycles. The van der Waals surface area contributed by atoms with Crippen molar-refractivity contribution in [2.45, 2.75) is 260 Å². The number of rotatable bonds is 11. The molecule has 4 saturated heterocycles. The van der Waals surface area contributed by atoms with E-state index in [4.69, 9.17) is 24.1 Å². The van der Waals surface area contributed by atoms with E-state index in [1.165, 1.54) is 50.8 Å². The maximum atomic E-state index is 13.0. The molecule has 578 valence electrons. The second kappa shape index (κ2) is 40.4. The Bertz CT molecular complexity index is 3250. The van der Waals surface area contributed by atoms with Crippen LogP contribution in [0.25, 0.3) is 0 Å². The summed E-state index contributed by atoms with van der Waals surface area (Å²) in [7, 11) is 0. The molecule has 0 spiro atoms. The Labute approximate surface area is 623 Å². The van der Waals surface area contributed by atoms with E-state index in [0.717, 1.165) is 130 Å². The van der Waals surface area contributed by atoms with Gasteiger partial charge in [-0.15, -0.1) is 0 Å². The molecule has 4 aromatic carbocycles. The van der Waals surface area contributed by atoms with Gasteiger partial charge in [-0.1, -0.05) is 139 Å². The zero-order valence-corrected chi connectivity index (χ0v) is 66.2. The SMILES string of the molecule is CC(C)(C)OC(=O)NN(C(=O)OC(C)(C)C)C1(C)CCN(Cc2ccccc2)CC1.CC(C)(C)OC(=O)NN(C(=O)OC(C)(C)C)C1(C)CCNCC1.CC1(C(=O)O)CCC1.CC1(O)CCN(Cc2ccccc2)CC1.CC1=CCN(Cc2ccccc2)CC1.O=C1CCN(Cc2ccccc2)CC1. The maximum Gasteiger partial charge on any atom is 0.429 e. The first-order chi connectivity index (χ1) is 48.6. The van der Waals surface area contributed by atoms with Crippen molar-refractivity contribution < 1.29 is 57.9 Å². The number of Topliss-reactive ketones (excluding diaryl/α,β-unsaturated/α-hetero) is 1. The number of nitrogens with one attached hydrogen (secondary N) is 3. The topological polar surface area (TPSA) is 235 Å². The molecule has 1 aliphatic carbocycles. The summed E-state index contributed by atoms with van der Waals surface area (Å²) in [5, 5.41) is 24.2. The Morgan fingerprint density at radius 1 is 0.452 bits per heavy atom. The van der Waals surface area contributed by atoms with Crippen molar-refractivity contribution in [2.24, 2.45) is 5.41 Å². The molecule has 4 amide bonds. The number of carboxylic acid groups (broad SMARTS) is 1. The Morgan fingerprint density at radius 3 is 1.07 bits per heavy atom. The van der Waals surface area contributed by atoms with Gasteiger partial charge in [-0.25, -0.2) is 40.0 Å². The predicted octanol–water partition coefficient (Wildman–Crippen LogP) is 15.5. The van der Waals surface area contributed by atoms with E-state index in [0.29, 0.717) is 31.5 Å². The number of ether oxygens (including phenoxy) is 4. The summed E-state index contributed by atoms with van der Waals surface area (Å²) in [5.74, 6) is -0.224. The van der Waals surface area contributed by atoms with Gasteiger partial charge in [-0.2, -0.15) is 0 Å². The molecule has 104 heavy (non-hydrogen) atoms. The Morgan fingerprint density at radius 2 is 0.769 bits per heavy atom. The molecular weight excluding hydrogens is 1310 g/mol. The Hall–Kier alpha value is -7.40. The first-order valence-electron chi connectivity index (χ1n) is 37.5. The van der Waals surface area contributed by atoms with Crippen LogP contribution in [0.2, 0.25) is 0 Å². The van der Waals surface area contributed by atoms with Crippen LogP contribution in [-0.4, -0.2) is 180 Å². The number of hydrogen-bond donors (Lipinski definition) is 5. The van der Waals surface area contributed by atoms with E-state index in [1.54, 1.807) is 90.0 Å². The van der Waals surface area contributed by atoms with Gasteiger partial charge in [0.2, 0.25) is 0 Å². The highest BCUT2D eigenvalue weighted by Gasteiger charge is 2.44.